The van der Waals surface area contributed by atoms with Gasteiger partial charge >= 0.3 is 5.97 Å². The van der Waals surface area contributed by atoms with Gasteiger partial charge in [0.15, 0.2) is 0 Å². The third-order valence-electron chi connectivity index (χ3n) is 3.32. The van der Waals surface area contributed by atoms with Gasteiger partial charge in [-0.05, 0) is 26.3 Å². The van der Waals surface area contributed by atoms with Crippen molar-refractivity contribution in [1.82, 2.24) is 5.32 Å². The first-order chi connectivity index (χ1) is 9.16. The molecular weight excluding hydrogens is 264 g/mol. The first-order valence-corrected chi connectivity index (χ1v) is 6.09. The van der Waals surface area contributed by atoms with Crippen molar-refractivity contribution >= 4 is 11.7 Å². The number of aromatic carboxylic acids is 1. The Morgan fingerprint density at radius 1 is 1.50 bits per heavy atom. The van der Waals surface area contributed by atoms with Crippen LogP contribution in [0.15, 0.2) is 18.2 Å². The Bertz CT molecular complexity index is 525. The van der Waals surface area contributed by atoms with E-state index in [1.807, 2.05) is 0 Å². The Hall–Kier alpha value is -1.99. The summed E-state index contributed by atoms with van der Waals surface area (Å²) in [7, 11) is 0. The maximum Gasteiger partial charge on any atom is 0.343 e. The molecule has 0 radical (unpaired) electrons. The topological polar surface area (TPSA) is 113 Å². The fourth-order valence-electron chi connectivity index (χ4n) is 1.60. The Balaban J connectivity index is 3.10. The molecule has 1 rings (SSSR count). The number of nitrogens with zero attached hydrogens (tertiary/aromatic N) is 1. The van der Waals surface area contributed by atoms with Gasteiger partial charge in [-0.2, -0.15) is 0 Å². The highest BCUT2D eigenvalue weighted by Crippen LogP contribution is 2.23. The SMILES string of the molecule is CC(O)C(C)(C)NCc1cccc([N+](=O)[O-])c1C(=O)O. The van der Waals surface area contributed by atoms with Crippen LogP contribution in [0.4, 0.5) is 5.69 Å². The molecule has 3 N–H and O–H groups in total. The van der Waals surface area contributed by atoms with E-state index in [0.29, 0.717) is 5.56 Å². The number of aliphatic hydroxyl groups is 1. The van der Waals surface area contributed by atoms with Gasteiger partial charge in [0.2, 0.25) is 0 Å². The number of hydrogen-bond acceptors (Lipinski definition) is 5. The summed E-state index contributed by atoms with van der Waals surface area (Å²) in [5.74, 6) is -1.34. The number of carboxylic acid groups (broad SMARTS) is 1. The van der Waals surface area contributed by atoms with Gasteiger partial charge in [0, 0.05) is 18.2 Å². The van der Waals surface area contributed by atoms with Gasteiger partial charge in [-0.3, -0.25) is 10.1 Å². The van der Waals surface area contributed by atoms with Crippen molar-refractivity contribution in [3.05, 3.63) is 39.4 Å². The maximum absolute atomic E-state index is 11.2. The van der Waals surface area contributed by atoms with Gasteiger partial charge < -0.3 is 15.5 Å². The quantitative estimate of drug-likeness (QED) is 0.539. The highest BCUT2D eigenvalue weighted by Gasteiger charge is 2.27. The average molecular weight is 282 g/mol. The smallest absolute Gasteiger partial charge is 0.343 e. The summed E-state index contributed by atoms with van der Waals surface area (Å²) >= 11 is 0. The van der Waals surface area contributed by atoms with E-state index in [-0.39, 0.29) is 12.1 Å². The van der Waals surface area contributed by atoms with E-state index in [0.717, 1.165) is 6.07 Å². The predicted molar refractivity (Wildman–Crippen MR) is 72.7 cm³/mol. The highest BCUT2D eigenvalue weighted by atomic mass is 16.6. The molecule has 0 spiro atoms. The summed E-state index contributed by atoms with van der Waals surface area (Å²) < 4.78 is 0. The molecule has 0 amide bonds. The molecule has 110 valence electrons. The van der Waals surface area contributed by atoms with Gasteiger partial charge in [0.1, 0.15) is 5.56 Å². The van der Waals surface area contributed by atoms with E-state index in [1.54, 1.807) is 20.8 Å². The van der Waals surface area contributed by atoms with Gasteiger partial charge in [0.25, 0.3) is 5.69 Å². The Kier molecular flexibility index (Phi) is 4.80. The number of rotatable bonds is 6. The van der Waals surface area contributed by atoms with Gasteiger partial charge in [-0.1, -0.05) is 12.1 Å². The van der Waals surface area contributed by atoms with E-state index in [9.17, 15) is 20.0 Å². The van der Waals surface area contributed by atoms with E-state index >= 15 is 0 Å². The molecule has 0 saturated carbocycles. The van der Waals surface area contributed by atoms with Crippen molar-refractivity contribution in [3.8, 4) is 0 Å². The van der Waals surface area contributed by atoms with E-state index in [4.69, 9.17) is 5.11 Å². The minimum Gasteiger partial charge on any atom is -0.477 e. The predicted octanol–water partition coefficient (Wildman–Crippen LogP) is 1.54. The molecule has 7 nitrogen and oxygen atoms in total. The summed E-state index contributed by atoms with van der Waals surface area (Å²) in [5, 5.41) is 32.6. The zero-order valence-electron chi connectivity index (χ0n) is 11.6. The second-order valence-corrected chi connectivity index (χ2v) is 5.12. The van der Waals surface area contributed by atoms with Gasteiger partial charge in [-0.25, -0.2) is 4.79 Å². The average Bonchev–Trinajstić information content (AvgIpc) is 2.35. The van der Waals surface area contributed by atoms with E-state index in [2.05, 4.69) is 5.32 Å². The number of benzene rings is 1. The molecule has 0 aliphatic heterocycles. The van der Waals surface area contributed by atoms with Gasteiger partial charge in [-0.15, -0.1) is 0 Å². The largest absolute Gasteiger partial charge is 0.477 e. The third kappa shape index (κ3) is 3.52. The first-order valence-electron chi connectivity index (χ1n) is 6.09. The lowest BCUT2D eigenvalue weighted by Crippen LogP contribution is -2.47. The molecule has 0 saturated heterocycles. The van der Waals surface area contributed by atoms with Crippen molar-refractivity contribution in [2.45, 2.75) is 39.0 Å². The van der Waals surface area contributed by atoms with Crippen molar-refractivity contribution in [2.24, 2.45) is 0 Å². The Morgan fingerprint density at radius 3 is 2.55 bits per heavy atom. The lowest BCUT2D eigenvalue weighted by atomic mass is 9.97. The van der Waals surface area contributed by atoms with Crippen molar-refractivity contribution in [3.63, 3.8) is 0 Å². The van der Waals surface area contributed by atoms with Crippen molar-refractivity contribution < 1.29 is 19.9 Å². The first kappa shape index (κ1) is 16.1. The number of hydrogen-bond donors (Lipinski definition) is 3. The standard InChI is InChI=1S/C13H18N2O5/c1-8(16)13(2,3)14-7-9-5-4-6-10(15(19)20)11(9)12(17)18/h4-6,8,14,16H,7H2,1-3H3,(H,17,18). The summed E-state index contributed by atoms with van der Waals surface area (Å²) in [6.45, 7) is 5.24. The van der Waals surface area contributed by atoms with Crippen molar-refractivity contribution in [2.75, 3.05) is 0 Å². The Labute approximate surface area is 116 Å². The molecule has 0 bridgehead atoms. The van der Waals surface area contributed by atoms with Crippen LogP contribution >= 0.6 is 0 Å². The third-order valence-corrected chi connectivity index (χ3v) is 3.32. The molecule has 1 atom stereocenters. The van der Waals surface area contributed by atoms with Crippen LogP contribution in [0.3, 0.4) is 0 Å². The molecule has 0 heterocycles. The van der Waals surface area contributed by atoms with E-state index in [1.165, 1.54) is 12.1 Å². The van der Waals surface area contributed by atoms with Crippen LogP contribution in [0.2, 0.25) is 0 Å². The number of carbonyl (C=O) groups is 1. The fraction of sp³-hybridized carbons (Fsp3) is 0.462. The second kappa shape index (κ2) is 5.98. The molecule has 7 heteroatoms. The molecular formula is C13H18N2O5. The molecule has 0 fully saturated rings. The highest BCUT2D eigenvalue weighted by molar-refractivity contribution is 5.94. The second-order valence-electron chi connectivity index (χ2n) is 5.12. The summed E-state index contributed by atoms with van der Waals surface area (Å²) in [4.78, 5) is 21.4. The molecule has 1 aromatic carbocycles. The molecule has 0 aliphatic carbocycles. The zero-order chi connectivity index (χ0) is 15.5. The minimum absolute atomic E-state index is 0.112. The van der Waals surface area contributed by atoms with Crippen molar-refractivity contribution in [1.29, 1.82) is 0 Å². The molecule has 20 heavy (non-hydrogen) atoms. The zero-order valence-corrected chi connectivity index (χ0v) is 11.6. The van der Waals surface area contributed by atoms with Crippen LogP contribution in [-0.4, -0.2) is 32.7 Å². The van der Waals surface area contributed by atoms with Crippen LogP contribution < -0.4 is 5.32 Å². The van der Waals surface area contributed by atoms with Crippen LogP contribution in [0, 0.1) is 10.1 Å². The van der Waals surface area contributed by atoms with Crippen LogP contribution in [0.5, 0.6) is 0 Å². The van der Waals surface area contributed by atoms with Crippen LogP contribution in [-0.2, 0) is 6.54 Å². The van der Waals surface area contributed by atoms with E-state index < -0.39 is 28.2 Å². The number of nitro groups is 1. The fourth-order valence-corrected chi connectivity index (χ4v) is 1.60. The minimum atomic E-state index is -1.34. The maximum atomic E-state index is 11.2. The molecule has 1 aromatic rings. The summed E-state index contributed by atoms with van der Waals surface area (Å²) in [6, 6.07) is 4.12. The summed E-state index contributed by atoms with van der Waals surface area (Å²) in [6.07, 6.45) is -0.658. The van der Waals surface area contributed by atoms with Crippen LogP contribution in [0.1, 0.15) is 36.7 Å². The normalized spacial score (nSPS) is 13.0. The van der Waals surface area contributed by atoms with Crippen LogP contribution in [0.25, 0.3) is 0 Å². The monoisotopic (exact) mass is 282 g/mol. The molecule has 0 aliphatic rings. The number of aliphatic hydroxyl groups excluding tert-OH is 1. The summed E-state index contributed by atoms with van der Waals surface area (Å²) in [5.41, 5.74) is -1.10. The molecule has 0 aromatic heterocycles. The molecule has 1 unspecified atom stereocenters. The lowest BCUT2D eigenvalue weighted by Gasteiger charge is -2.29. The lowest BCUT2D eigenvalue weighted by molar-refractivity contribution is -0.385. The number of carboxylic acids is 1. The van der Waals surface area contributed by atoms with Gasteiger partial charge in [0.05, 0.1) is 11.0 Å². The number of nitrogens with one attached hydrogen (secondary N) is 1. The Morgan fingerprint density at radius 2 is 2.10 bits per heavy atom. The number of nitro benzene ring substituents is 1.